The zero-order chi connectivity index (χ0) is 50.5. The van der Waals surface area contributed by atoms with Crippen LogP contribution in [0.3, 0.4) is 0 Å². The monoisotopic (exact) mass is 963 g/mol. The summed E-state index contributed by atoms with van der Waals surface area (Å²) in [5.41, 5.74) is 25.2. The second kappa shape index (κ2) is 21.8. The predicted molar refractivity (Wildman–Crippen MR) is 314 cm³/mol. The maximum atomic E-state index is 2.72. The Hall–Kier alpha value is -7.32. The molecule has 0 spiro atoms. The zero-order valence-corrected chi connectivity index (χ0v) is 45.1. The van der Waals surface area contributed by atoms with Crippen LogP contribution in [0.4, 0.5) is 0 Å². The molecule has 0 aliphatic heterocycles. The van der Waals surface area contributed by atoms with Gasteiger partial charge in [0.05, 0.1) is 0 Å². The SMILES string of the molecule is CC1=C(C)C(C)C([Si](c2cc(C)c(Cc3ccccc3)c(Cc3ccccc3)c2)(c2cc(C)c(Cc3ccccc3)c(Cc3ccccc3)c2)c2cc(C)c(Cc3ccccc3)c(Cc3ccccc3)c2)=C1C. The number of hydrogen-bond acceptors (Lipinski definition) is 0. The summed E-state index contributed by atoms with van der Waals surface area (Å²) in [6.07, 6.45) is 5.29. The van der Waals surface area contributed by atoms with E-state index in [0.29, 0.717) is 0 Å². The molecule has 9 aromatic rings. The highest BCUT2D eigenvalue weighted by Crippen LogP contribution is 2.43. The third-order valence-corrected chi connectivity index (χ3v) is 21.5. The van der Waals surface area contributed by atoms with Crippen molar-refractivity contribution >= 4 is 23.6 Å². The fourth-order valence-corrected chi connectivity index (χ4v) is 18.4. The van der Waals surface area contributed by atoms with Crippen LogP contribution >= 0.6 is 0 Å². The van der Waals surface area contributed by atoms with Crippen molar-refractivity contribution in [3.8, 4) is 0 Å². The molecule has 0 saturated heterocycles. The molecule has 0 heterocycles. The summed E-state index contributed by atoms with van der Waals surface area (Å²) in [4.78, 5) is 0. The normalized spacial score (nSPS) is 13.8. The Bertz CT molecular complexity index is 3090. The third kappa shape index (κ3) is 10.4. The fraction of sp³-hybridized carbons (Fsp3) is 0.194. The van der Waals surface area contributed by atoms with Gasteiger partial charge in [0.1, 0.15) is 0 Å². The first-order valence-electron chi connectivity index (χ1n) is 26.6. The van der Waals surface area contributed by atoms with E-state index in [4.69, 9.17) is 0 Å². The average molecular weight is 963 g/mol. The van der Waals surface area contributed by atoms with Crippen LogP contribution < -0.4 is 15.6 Å². The molecule has 0 amide bonds. The molecule has 0 bridgehead atoms. The van der Waals surface area contributed by atoms with Crippen LogP contribution in [0.25, 0.3) is 0 Å². The Morgan fingerprint density at radius 3 is 0.781 bits per heavy atom. The predicted octanol–water partition coefficient (Wildman–Crippen LogP) is 15.5. The van der Waals surface area contributed by atoms with Gasteiger partial charge in [-0.25, -0.2) is 0 Å². The van der Waals surface area contributed by atoms with E-state index in [1.807, 2.05) is 0 Å². The molecule has 0 radical (unpaired) electrons. The van der Waals surface area contributed by atoms with Crippen LogP contribution in [0.15, 0.2) is 240 Å². The van der Waals surface area contributed by atoms with Crippen LogP contribution in [-0.4, -0.2) is 8.07 Å². The minimum atomic E-state index is -3.25. The van der Waals surface area contributed by atoms with Crippen molar-refractivity contribution in [2.24, 2.45) is 5.92 Å². The van der Waals surface area contributed by atoms with E-state index in [1.54, 1.807) is 5.20 Å². The van der Waals surface area contributed by atoms with Crippen molar-refractivity contribution in [3.63, 3.8) is 0 Å². The van der Waals surface area contributed by atoms with Crippen molar-refractivity contribution in [1.82, 2.24) is 0 Å². The maximum absolute atomic E-state index is 3.25. The third-order valence-electron chi connectivity index (χ3n) is 16.4. The number of benzene rings is 9. The highest BCUT2D eigenvalue weighted by molar-refractivity contribution is 7.16. The number of rotatable bonds is 16. The van der Waals surface area contributed by atoms with Gasteiger partial charge in [0.25, 0.3) is 0 Å². The Kier molecular flexibility index (Phi) is 14.7. The molecule has 73 heavy (non-hydrogen) atoms. The summed E-state index contributed by atoms with van der Waals surface area (Å²) >= 11 is 0. The largest absolute Gasteiger partial charge is 0.176 e. The molecule has 1 aliphatic rings. The molecule has 1 heteroatoms. The maximum Gasteiger partial charge on any atom is 0.176 e. The highest BCUT2D eigenvalue weighted by Gasteiger charge is 2.49. The van der Waals surface area contributed by atoms with E-state index in [0.717, 1.165) is 38.5 Å². The Morgan fingerprint density at radius 2 is 0.548 bits per heavy atom. The first kappa shape index (κ1) is 49.3. The number of hydrogen-bond donors (Lipinski definition) is 0. The summed E-state index contributed by atoms with van der Waals surface area (Å²) in [5, 5.41) is 6.08. The van der Waals surface area contributed by atoms with Crippen molar-refractivity contribution < 1.29 is 0 Å². The van der Waals surface area contributed by atoms with Gasteiger partial charge in [-0.1, -0.05) is 242 Å². The molecule has 0 fully saturated rings. The molecule has 0 aromatic heterocycles. The van der Waals surface area contributed by atoms with Crippen LogP contribution in [0, 0.1) is 26.7 Å². The molecule has 9 aromatic carbocycles. The molecule has 0 nitrogen and oxygen atoms in total. The topological polar surface area (TPSA) is 0 Å². The number of allylic oxidation sites excluding steroid dienone is 4. The van der Waals surface area contributed by atoms with Gasteiger partial charge in [0.15, 0.2) is 8.07 Å². The minimum Gasteiger partial charge on any atom is -0.0636 e. The molecule has 0 N–H and O–H groups in total. The second-order valence-corrected chi connectivity index (χ2v) is 24.9. The van der Waals surface area contributed by atoms with Gasteiger partial charge < -0.3 is 0 Å². The van der Waals surface area contributed by atoms with E-state index in [9.17, 15) is 0 Å². The Balaban J connectivity index is 1.33. The van der Waals surface area contributed by atoms with E-state index < -0.39 is 8.07 Å². The van der Waals surface area contributed by atoms with E-state index in [2.05, 4.69) is 267 Å². The molecule has 1 unspecified atom stereocenters. The van der Waals surface area contributed by atoms with Gasteiger partial charge in [0.2, 0.25) is 0 Å². The summed E-state index contributed by atoms with van der Waals surface area (Å²) in [5.74, 6) is 0.261. The van der Waals surface area contributed by atoms with Crippen LogP contribution in [0.2, 0.25) is 0 Å². The van der Waals surface area contributed by atoms with Crippen LogP contribution in [0.5, 0.6) is 0 Å². The smallest absolute Gasteiger partial charge is 0.0636 e. The fourth-order valence-electron chi connectivity index (χ4n) is 12.3. The molecule has 362 valence electrons. The minimum absolute atomic E-state index is 0.261. The first-order chi connectivity index (χ1) is 35.6. The standard InChI is InChI=1S/C72H70Si/c1-50-38-66(47-63(41-57-26-14-8-15-27-57)69(50)44-60-32-20-11-21-33-60)73(72-55(6)53(4)54(5)56(72)7,67-39-51(2)70(45-61-34-22-12-23-35-61)64(48-67)42-58-28-16-9-17-29-58)68-40-52(3)71(46-62-36-24-13-25-37-62)65(49-68)43-59-30-18-10-19-31-59/h8-40,47-49,55H,41-46H2,1-7H3. The summed E-state index contributed by atoms with van der Waals surface area (Å²) in [6, 6.07) is 83.1. The lowest BCUT2D eigenvalue weighted by Gasteiger charge is -2.41. The van der Waals surface area contributed by atoms with Crippen molar-refractivity contribution in [2.45, 2.75) is 87.0 Å². The quantitative estimate of drug-likeness (QED) is 0.0669. The van der Waals surface area contributed by atoms with Crippen molar-refractivity contribution in [2.75, 3.05) is 0 Å². The lowest BCUT2D eigenvalue weighted by Crippen LogP contribution is -2.70. The lowest BCUT2D eigenvalue weighted by molar-refractivity contribution is 0.851. The van der Waals surface area contributed by atoms with Crippen LogP contribution in [-0.2, 0) is 38.5 Å². The van der Waals surface area contributed by atoms with E-state index in [-0.39, 0.29) is 5.92 Å². The van der Waals surface area contributed by atoms with Crippen molar-refractivity contribution in [1.29, 1.82) is 0 Å². The van der Waals surface area contributed by atoms with E-state index >= 15 is 0 Å². The molecule has 1 aliphatic carbocycles. The van der Waals surface area contributed by atoms with Gasteiger partial charge in [-0.3, -0.25) is 0 Å². The van der Waals surface area contributed by atoms with Gasteiger partial charge in [0, 0.05) is 0 Å². The van der Waals surface area contributed by atoms with Gasteiger partial charge >= 0.3 is 0 Å². The molecular weight excluding hydrogens is 893 g/mol. The summed E-state index contributed by atoms with van der Waals surface area (Å²) < 4.78 is 0. The highest BCUT2D eigenvalue weighted by atomic mass is 28.3. The van der Waals surface area contributed by atoms with Crippen LogP contribution in [0.1, 0.15) is 111 Å². The Labute approximate surface area is 437 Å². The molecule has 10 rings (SSSR count). The van der Waals surface area contributed by atoms with Crippen molar-refractivity contribution in [3.05, 3.63) is 324 Å². The Morgan fingerprint density at radius 1 is 0.301 bits per heavy atom. The van der Waals surface area contributed by atoms with E-state index in [1.165, 1.54) is 116 Å². The van der Waals surface area contributed by atoms with Gasteiger partial charge in [-0.05, 0) is 191 Å². The van der Waals surface area contributed by atoms with Gasteiger partial charge in [-0.2, -0.15) is 0 Å². The molecular formula is C72H70Si. The molecule has 1 atom stereocenters. The first-order valence-corrected chi connectivity index (χ1v) is 28.6. The molecule has 0 saturated carbocycles. The summed E-state index contributed by atoms with van der Waals surface area (Å²) in [6.45, 7) is 17.0. The number of aryl methyl sites for hydroxylation is 3. The summed E-state index contributed by atoms with van der Waals surface area (Å²) in [7, 11) is -3.25. The van der Waals surface area contributed by atoms with Gasteiger partial charge in [-0.15, -0.1) is 0 Å². The zero-order valence-electron chi connectivity index (χ0n) is 44.1. The average Bonchev–Trinajstić information content (AvgIpc) is 3.60. The lowest BCUT2D eigenvalue weighted by atomic mass is 9.91. The second-order valence-electron chi connectivity index (χ2n) is 21.1.